The lowest BCUT2D eigenvalue weighted by molar-refractivity contribution is 0.0995. The molecule has 0 aliphatic heterocycles. The topological polar surface area (TPSA) is 72.9 Å². The zero-order valence-electron chi connectivity index (χ0n) is 11.8. The second-order valence-electron chi connectivity index (χ2n) is 5.16. The van der Waals surface area contributed by atoms with Crippen LogP contribution in [-0.4, -0.2) is 22.2 Å². The molecule has 20 heavy (non-hydrogen) atoms. The summed E-state index contributed by atoms with van der Waals surface area (Å²) in [5.74, 6) is 0.0903. The number of nitrogens with one attached hydrogen (secondary N) is 1. The maximum atomic E-state index is 11.1. The molecule has 1 aromatic carbocycles. The Labute approximate surface area is 118 Å². The van der Waals surface area contributed by atoms with Gasteiger partial charge in [0.15, 0.2) is 0 Å². The van der Waals surface area contributed by atoms with Gasteiger partial charge in [-0.3, -0.25) is 4.79 Å². The normalized spacial score (nSPS) is 10.9. The molecule has 2 aromatic rings. The molecular formula is C15H20N4O. The van der Waals surface area contributed by atoms with E-state index in [1.807, 2.05) is 24.3 Å². The fraction of sp³-hybridized carbons (Fsp3) is 0.333. The summed E-state index contributed by atoms with van der Waals surface area (Å²) < 4.78 is 1.69. The van der Waals surface area contributed by atoms with Gasteiger partial charge in [0.25, 0.3) is 5.91 Å². The van der Waals surface area contributed by atoms with Crippen LogP contribution in [0, 0.1) is 5.92 Å². The van der Waals surface area contributed by atoms with Gasteiger partial charge in [-0.2, -0.15) is 5.10 Å². The fourth-order valence-corrected chi connectivity index (χ4v) is 1.97. The van der Waals surface area contributed by atoms with Crippen molar-refractivity contribution >= 4 is 5.91 Å². The Morgan fingerprint density at radius 3 is 2.75 bits per heavy atom. The van der Waals surface area contributed by atoms with Crippen LogP contribution in [0.1, 0.15) is 29.9 Å². The van der Waals surface area contributed by atoms with Crippen molar-refractivity contribution in [2.24, 2.45) is 11.7 Å². The standard InChI is InChI=1S/C15H20N4O/c1-11(2)9-17-10-12-5-3-4-6-14(12)19-8-7-13(18-19)15(16)20/h3-8,11,17H,9-10H2,1-2H3,(H2,16,20). The van der Waals surface area contributed by atoms with Gasteiger partial charge >= 0.3 is 0 Å². The zero-order valence-corrected chi connectivity index (χ0v) is 11.8. The third-order valence-electron chi connectivity index (χ3n) is 2.95. The number of nitrogens with zero attached hydrogens (tertiary/aromatic N) is 2. The number of carbonyl (C=O) groups is 1. The summed E-state index contributed by atoms with van der Waals surface area (Å²) >= 11 is 0. The van der Waals surface area contributed by atoms with Crippen molar-refractivity contribution in [2.45, 2.75) is 20.4 Å². The van der Waals surface area contributed by atoms with E-state index in [4.69, 9.17) is 5.73 Å². The summed E-state index contributed by atoms with van der Waals surface area (Å²) in [6, 6.07) is 9.60. The van der Waals surface area contributed by atoms with Gasteiger partial charge in [-0.1, -0.05) is 32.0 Å². The van der Waals surface area contributed by atoms with Crippen molar-refractivity contribution in [1.82, 2.24) is 15.1 Å². The molecule has 5 heteroatoms. The van der Waals surface area contributed by atoms with Crippen LogP contribution in [0.4, 0.5) is 0 Å². The Hall–Kier alpha value is -2.14. The first-order valence-corrected chi connectivity index (χ1v) is 6.72. The molecule has 0 aliphatic rings. The third kappa shape index (κ3) is 3.45. The number of nitrogens with two attached hydrogens (primary N) is 1. The van der Waals surface area contributed by atoms with E-state index in [1.54, 1.807) is 16.9 Å². The molecule has 0 atom stereocenters. The minimum absolute atomic E-state index is 0.273. The molecule has 0 spiro atoms. The van der Waals surface area contributed by atoms with Crippen LogP contribution in [0.5, 0.6) is 0 Å². The molecular weight excluding hydrogens is 252 g/mol. The van der Waals surface area contributed by atoms with Crippen molar-refractivity contribution in [3.05, 3.63) is 47.8 Å². The van der Waals surface area contributed by atoms with E-state index in [0.717, 1.165) is 24.3 Å². The van der Waals surface area contributed by atoms with Crippen LogP contribution in [0.3, 0.4) is 0 Å². The number of carbonyl (C=O) groups excluding carboxylic acids is 1. The number of rotatable bonds is 6. The van der Waals surface area contributed by atoms with Crippen molar-refractivity contribution in [3.63, 3.8) is 0 Å². The van der Waals surface area contributed by atoms with Gasteiger partial charge < -0.3 is 11.1 Å². The second kappa shape index (κ2) is 6.34. The van der Waals surface area contributed by atoms with E-state index in [1.165, 1.54) is 0 Å². The highest BCUT2D eigenvalue weighted by Crippen LogP contribution is 2.14. The molecule has 5 nitrogen and oxygen atoms in total. The van der Waals surface area contributed by atoms with Gasteiger partial charge in [0.2, 0.25) is 0 Å². The molecule has 0 saturated carbocycles. The zero-order chi connectivity index (χ0) is 14.5. The predicted molar refractivity (Wildman–Crippen MR) is 78.6 cm³/mol. The van der Waals surface area contributed by atoms with Gasteiger partial charge in [0.05, 0.1) is 5.69 Å². The average molecular weight is 272 g/mol. The molecule has 1 heterocycles. The summed E-state index contributed by atoms with van der Waals surface area (Å²) in [5.41, 5.74) is 7.59. The second-order valence-corrected chi connectivity index (χ2v) is 5.16. The number of amides is 1. The quantitative estimate of drug-likeness (QED) is 0.841. The highest BCUT2D eigenvalue weighted by atomic mass is 16.1. The molecule has 106 valence electrons. The summed E-state index contributed by atoms with van der Waals surface area (Å²) in [4.78, 5) is 11.1. The number of benzene rings is 1. The van der Waals surface area contributed by atoms with Crippen LogP contribution in [0.25, 0.3) is 5.69 Å². The van der Waals surface area contributed by atoms with Crippen LogP contribution in [-0.2, 0) is 6.54 Å². The van der Waals surface area contributed by atoms with Crippen molar-refractivity contribution in [1.29, 1.82) is 0 Å². The first-order chi connectivity index (χ1) is 9.58. The molecule has 0 saturated heterocycles. The maximum absolute atomic E-state index is 11.1. The van der Waals surface area contributed by atoms with Gasteiger partial charge in [0, 0.05) is 12.7 Å². The summed E-state index contributed by atoms with van der Waals surface area (Å²) in [6.45, 7) is 6.07. The van der Waals surface area contributed by atoms with E-state index in [9.17, 15) is 4.79 Å². The van der Waals surface area contributed by atoms with Crippen LogP contribution in [0.2, 0.25) is 0 Å². The van der Waals surface area contributed by atoms with Gasteiger partial charge in [-0.25, -0.2) is 4.68 Å². The van der Waals surface area contributed by atoms with Crippen molar-refractivity contribution in [2.75, 3.05) is 6.54 Å². The first kappa shape index (κ1) is 14.3. The first-order valence-electron chi connectivity index (χ1n) is 6.72. The van der Waals surface area contributed by atoms with E-state index in [2.05, 4.69) is 24.3 Å². The Bertz CT molecular complexity index is 589. The molecule has 0 radical (unpaired) electrons. The molecule has 1 amide bonds. The predicted octanol–water partition coefficient (Wildman–Crippen LogP) is 1.72. The molecule has 2 rings (SSSR count). The number of hydrogen-bond donors (Lipinski definition) is 2. The van der Waals surface area contributed by atoms with Gasteiger partial charge in [0.1, 0.15) is 5.69 Å². The lowest BCUT2D eigenvalue weighted by Crippen LogP contribution is -2.20. The van der Waals surface area contributed by atoms with Crippen molar-refractivity contribution < 1.29 is 4.79 Å². The minimum Gasteiger partial charge on any atom is -0.364 e. The highest BCUT2D eigenvalue weighted by Gasteiger charge is 2.09. The van der Waals surface area contributed by atoms with Crippen LogP contribution < -0.4 is 11.1 Å². The van der Waals surface area contributed by atoms with Gasteiger partial charge in [-0.15, -0.1) is 0 Å². The Morgan fingerprint density at radius 2 is 2.10 bits per heavy atom. The van der Waals surface area contributed by atoms with E-state index in [-0.39, 0.29) is 5.69 Å². The molecule has 1 aromatic heterocycles. The SMILES string of the molecule is CC(C)CNCc1ccccc1-n1ccc(C(N)=O)n1. The fourth-order valence-electron chi connectivity index (χ4n) is 1.97. The molecule has 3 N–H and O–H groups in total. The third-order valence-corrected chi connectivity index (χ3v) is 2.95. The number of para-hydroxylation sites is 1. The lowest BCUT2D eigenvalue weighted by Gasteiger charge is -2.11. The maximum Gasteiger partial charge on any atom is 0.269 e. The molecule has 0 bridgehead atoms. The monoisotopic (exact) mass is 272 g/mol. The van der Waals surface area contributed by atoms with Gasteiger partial charge in [-0.05, 0) is 30.2 Å². The Kier molecular flexibility index (Phi) is 4.53. The largest absolute Gasteiger partial charge is 0.364 e. The van der Waals surface area contributed by atoms with E-state index in [0.29, 0.717) is 5.92 Å². The van der Waals surface area contributed by atoms with Crippen molar-refractivity contribution in [3.8, 4) is 5.69 Å². The van der Waals surface area contributed by atoms with Crippen LogP contribution in [0.15, 0.2) is 36.5 Å². The summed E-state index contributed by atoms with van der Waals surface area (Å²) in [6.07, 6.45) is 1.75. The van der Waals surface area contributed by atoms with E-state index < -0.39 is 5.91 Å². The minimum atomic E-state index is -0.515. The smallest absolute Gasteiger partial charge is 0.269 e. The molecule has 0 aliphatic carbocycles. The lowest BCUT2D eigenvalue weighted by atomic mass is 10.1. The number of aromatic nitrogens is 2. The van der Waals surface area contributed by atoms with E-state index >= 15 is 0 Å². The number of hydrogen-bond acceptors (Lipinski definition) is 3. The average Bonchev–Trinajstić information content (AvgIpc) is 2.88. The summed E-state index contributed by atoms with van der Waals surface area (Å²) in [7, 11) is 0. The Morgan fingerprint density at radius 1 is 1.35 bits per heavy atom. The van der Waals surface area contributed by atoms with Crippen LogP contribution >= 0.6 is 0 Å². The highest BCUT2D eigenvalue weighted by molar-refractivity contribution is 5.90. The number of primary amides is 1. The molecule has 0 unspecified atom stereocenters. The summed E-state index contributed by atoms with van der Waals surface area (Å²) in [5, 5.41) is 7.61. The Balaban J connectivity index is 2.20. The molecule has 0 fully saturated rings.